The summed E-state index contributed by atoms with van der Waals surface area (Å²) < 4.78 is 6.02. The predicted octanol–water partition coefficient (Wildman–Crippen LogP) is 2.88. The molecule has 1 unspecified atom stereocenters. The molecule has 0 radical (unpaired) electrons. The molecule has 24 heavy (non-hydrogen) atoms. The first-order chi connectivity index (χ1) is 11.4. The van der Waals surface area contributed by atoms with Gasteiger partial charge in [0.1, 0.15) is 11.5 Å². The van der Waals surface area contributed by atoms with Crippen molar-refractivity contribution in [3.8, 4) is 11.5 Å². The van der Waals surface area contributed by atoms with Crippen LogP contribution in [0.15, 0.2) is 36.4 Å². The van der Waals surface area contributed by atoms with E-state index in [4.69, 9.17) is 4.74 Å². The highest BCUT2D eigenvalue weighted by atomic mass is 16.5. The minimum Gasteiger partial charge on any atom is -0.457 e. The maximum Gasteiger partial charge on any atom is 0.257 e. The third kappa shape index (κ3) is 2.65. The molecule has 0 aliphatic carbocycles. The molecule has 0 aromatic heterocycles. The summed E-state index contributed by atoms with van der Waals surface area (Å²) in [7, 11) is 7.05. The first-order valence-electron chi connectivity index (χ1n) is 7.69. The van der Waals surface area contributed by atoms with Gasteiger partial charge in [-0.25, -0.2) is 5.06 Å². The molecule has 1 aliphatic heterocycles. The number of likely N-dealkylation sites (N-methyl/N-ethyl adjacent to an activating group) is 1. The molecule has 1 amide bonds. The molecule has 3 rings (SSSR count). The van der Waals surface area contributed by atoms with Crippen molar-refractivity contribution in [3.63, 3.8) is 0 Å². The maximum atomic E-state index is 12.6. The molecule has 126 valence electrons. The van der Waals surface area contributed by atoms with E-state index >= 15 is 0 Å². The van der Waals surface area contributed by atoms with Crippen molar-refractivity contribution < 1.29 is 14.7 Å². The zero-order valence-corrected chi connectivity index (χ0v) is 14.2. The number of benzene rings is 2. The number of amides is 1. The topological polar surface area (TPSA) is 65.0 Å². The van der Waals surface area contributed by atoms with Gasteiger partial charge in [-0.1, -0.05) is 6.07 Å². The van der Waals surface area contributed by atoms with E-state index in [0.29, 0.717) is 16.6 Å². The molecule has 0 fully saturated rings. The fourth-order valence-corrected chi connectivity index (χ4v) is 2.89. The van der Waals surface area contributed by atoms with Crippen LogP contribution in [-0.4, -0.2) is 44.4 Å². The summed E-state index contributed by atoms with van der Waals surface area (Å²) in [6, 6.07) is 11.3. The van der Waals surface area contributed by atoms with E-state index < -0.39 is 11.8 Å². The van der Waals surface area contributed by atoms with Crippen molar-refractivity contribution in [1.82, 2.24) is 5.06 Å². The summed E-state index contributed by atoms with van der Waals surface area (Å²) in [5, 5.41) is 13.4. The zero-order valence-electron chi connectivity index (χ0n) is 14.2. The monoisotopic (exact) mass is 327 g/mol. The van der Waals surface area contributed by atoms with E-state index in [1.165, 1.54) is 7.05 Å². The zero-order chi connectivity index (χ0) is 17.4. The van der Waals surface area contributed by atoms with Crippen LogP contribution in [0.5, 0.6) is 11.5 Å². The van der Waals surface area contributed by atoms with Crippen LogP contribution in [0.25, 0.3) is 0 Å². The summed E-state index contributed by atoms with van der Waals surface area (Å²) in [4.78, 5) is 14.6. The van der Waals surface area contributed by atoms with Gasteiger partial charge in [-0.3, -0.25) is 10.0 Å². The van der Waals surface area contributed by atoms with Gasteiger partial charge in [0.2, 0.25) is 0 Å². The van der Waals surface area contributed by atoms with Crippen LogP contribution in [0.3, 0.4) is 0 Å². The second kappa shape index (κ2) is 6.05. The van der Waals surface area contributed by atoms with Crippen LogP contribution in [-0.2, 0) is 4.79 Å². The van der Waals surface area contributed by atoms with Gasteiger partial charge in [0.15, 0.2) is 0 Å². The molecular formula is C18H21N3O3. The van der Waals surface area contributed by atoms with Gasteiger partial charge >= 0.3 is 0 Å². The number of fused-ring (bicyclic) bond motifs is 2. The standard InChI is InChI=1S/C18H21N3O3/c1-19-11-5-8-15-14(9-11)17(18(22)21(4)23)13-7-6-12(20(2)3)10-16(13)24-15/h5-10,17,19,23H,1-4H3. The van der Waals surface area contributed by atoms with Crippen molar-refractivity contribution in [3.05, 3.63) is 47.5 Å². The molecule has 2 aromatic rings. The van der Waals surface area contributed by atoms with E-state index in [1.807, 2.05) is 62.4 Å². The molecule has 6 nitrogen and oxygen atoms in total. The molecule has 1 atom stereocenters. The van der Waals surface area contributed by atoms with Crippen LogP contribution in [0.2, 0.25) is 0 Å². The third-order valence-corrected chi connectivity index (χ3v) is 4.22. The lowest BCUT2D eigenvalue weighted by Crippen LogP contribution is -2.31. The highest BCUT2D eigenvalue weighted by Crippen LogP contribution is 2.46. The summed E-state index contributed by atoms with van der Waals surface area (Å²) in [5.41, 5.74) is 3.34. The van der Waals surface area contributed by atoms with Gasteiger partial charge in [-0.05, 0) is 24.3 Å². The van der Waals surface area contributed by atoms with Crippen molar-refractivity contribution in [2.45, 2.75) is 5.92 Å². The van der Waals surface area contributed by atoms with E-state index in [0.717, 1.165) is 22.5 Å². The fraction of sp³-hybridized carbons (Fsp3) is 0.278. The molecule has 0 saturated carbocycles. The minimum atomic E-state index is -0.608. The van der Waals surface area contributed by atoms with E-state index in [-0.39, 0.29) is 0 Å². The normalized spacial score (nSPS) is 15.0. The van der Waals surface area contributed by atoms with Crippen LogP contribution in [0.4, 0.5) is 11.4 Å². The Morgan fingerprint density at radius 1 is 1.08 bits per heavy atom. The van der Waals surface area contributed by atoms with E-state index in [1.54, 1.807) is 0 Å². The Morgan fingerprint density at radius 3 is 2.46 bits per heavy atom. The van der Waals surface area contributed by atoms with Crippen LogP contribution < -0.4 is 15.0 Å². The molecule has 2 N–H and O–H groups in total. The van der Waals surface area contributed by atoms with E-state index in [2.05, 4.69) is 5.32 Å². The van der Waals surface area contributed by atoms with Crippen LogP contribution in [0, 0.1) is 0 Å². The molecule has 0 bridgehead atoms. The molecule has 1 aliphatic rings. The number of anilines is 2. The second-order valence-corrected chi connectivity index (χ2v) is 6.02. The second-order valence-electron chi connectivity index (χ2n) is 6.02. The van der Waals surface area contributed by atoms with Crippen LogP contribution >= 0.6 is 0 Å². The number of ether oxygens (including phenoxy) is 1. The highest BCUT2D eigenvalue weighted by molar-refractivity contribution is 5.89. The minimum absolute atomic E-state index is 0.397. The highest BCUT2D eigenvalue weighted by Gasteiger charge is 2.34. The SMILES string of the molecule is CNc1ccc2c(c1)C(C(=O)N(C)O)c1ccc(N(C)C)cc1O2. The Kier molecular flexibility index (Phi) is 4.07. The largest absolute Gasteiger partial charge is 0.457 e. The molecule has 0 spiro atoms. The van der Waals surface area contributed by atoms with Crippen molar-refractivity contribution in [2.24, 2.45) is 0 Å². The Hall–Kier alpha value is -2.73. The number of rotatable bonds is 3. The van der Waals surface area contributed by atoms with Crippen molar-refractivity contribution in [1.29, 1.82) is 0 Å². The molecule has 1 heterocycles. The lowest BCUT2D eigenvalue weighted by atomic mass is 9.86. The van der Waals surface area contributed by atoms with Crippen LogP contribution in [0.1, 0.15) is 17.0 Å². The average molecular weight is 327 g/mol. The lowest BCUT2D eigenvalue weighted by Gasteiger charge is -2.30. The molecular weight excluding hydrogens is 306 g/mol. The smallest absolute Gasteiger partial charge is 0.257 e. The summed E-state index contributed by atoms with van der Waals surface area (Å²) in [5.74, 6) is 0.249. The fourth-order valence-electron chi connectivity index (χ4n) is 2.89. The Labute approximate surface area is 141 Å². The number of nitrogens with one attached hydrogen (secondary N) is 1. The van der Waals surface area contributed by atoms with Crippen molar-refractivity contribution in [2.75, 3.05) is 38.4 Å². The Bertz CT molecular complexity index is 787. The first kappa shape index (κ1) is 16.1. The quantitative estimate of drug-likeness (QED) is 0.670. The summed E-state index contributed by atoms with van der Waals surface area (Å²) in [6.07, 6.45) is 0. The predicted molar refractivity (Wildman–Crippen MR) is 93.2 cm³/mol. The maximum absolute atomic E-state index is 12.6. The van der Waals surface area contributed by atoms with Gasteiger partial charge in [0.25, 0.3) is 5.91 Å². The summed E-state index contributed by atoms with van der Waals surface area (Å²) >= 11 is 0. The number of carbonyl (C=O) groups is 1. The number of carbonyl (C=O) groups excluding carboxylic acids is 1. The number of hydrogen-bond acceptors (Lipinski definition) is 5. The molecule has 2 aromatic carbocycles. The number of nitrogens with zero attached hydrogens (tertiary/aromatic N) is 2. The Balaban J connectivity index is 2.17. The first-order valence-corrected chi connectivity index (χ1v) is 7.69. The van der Waals surface area contributed by atoms with Crippen molar-refractivity contribution >= 4 is 17.3 Å². The third-order valence-electron chi connectivity index (χ3n) is 4.22. The number of hydroxylamine groups is 2. The number of hydrogen-bond donors (Lipinski definition) is 2. The van der Waals surface area contributed by atoms with Gasteiger partial charge in [0.05, 0.1) is 5.92 Å². The van der Waals surface area contributed by atoms with Gasteiger partial charge in [0, 0.05) is 56.8 Å². The van der Waals surface area contributed by atoms with E-state index in [9.17, 15) is 10.0 Å². The molecule has 0 saturated heterocycles. The van der Waals surface area contributed by atoms with Gasteiger partial charge in [-0.2, -0.15) is 0 Å². The average Bonchev–Trinajstić information content (AvgIpc) is 2.57. The van der Waals surface area contributed by atoms with Gasteiger partial charge in [-0.15, -0.1) is 0 Å². The molecule has 6 heteroatoms. The Morgan fingerprint density at radius 2 is 1.83 bits per heavy atom. The van der Waals surface area contributed by atoms with Gasteiger partial charge < -0.3 is 15.0 Å². The lowest BCUT2D eigenvalue weighted by molar-refractivity contribution is -0.160. The summed E-state index contributed by atoms with van der Waals surface area (Å²) in [6.45, 7) is 0.